The number of methoxy groups -OCH3 is 1. The minimum atomic E-state index is -2.69. The maximum Gasteiger partial charge on any atom is 0.261 e. The largest absolute Gasteiger partial charge is 1.00 e. The molecule has 0 aliphatic heterocycles. The second-order valence-electron chi connectivity index (χ2n) is 15.9. The summed E-state index contributed by atoms with van der Waals surface area (Å²) < 4.78 is 19.6. The lowest BCUT2D eigenvalue weighted by atomic mass is 10.1. The second-order valence-corrected chi connectivity index (χ2v) is 23.8. The molecule has 0 fully saturated rings. The summed E-state index contributed by atoms with van der Waals surface area (Å²) in [6, 6.07) is 63.9. The fraction of sp³-hybridized carbons (Fsp3) is 0.294. The highest BCUT2D eigenvalue weighted by molar-refractivity contribution is 7.95. The van der Waals surface area contributed by atoms with Crippen LogP contribution in [0.3, 0.4) is 0 Å². The molecule has 6 aromatic carbocycles. The Morgan fingerprint density at radius 1 is 0.526 bits per heavy atom. The summed E-state index contributed by atoms with van der Waals surface area (Å²) in [5.74, 6) is 0.857. The van der Waals surface area contributed by atoms with Crippen molar-refractivity contribution in [1.29, 1.82) is 0 Å². The van der Waals surface area contributed by atoms with Gasteiger partial charge in [-0.25, -0.2) is 0 Å². The van der Waals surface area contributed by atoms with E-state index in [9.17, 15) is 0 Å². The molecule has 0 radical (unpaired) electrons. The summed E-state index contributed by atoms with van der Waals surface area (Å²) in [4.78, 5) is 0. The van der Waals surface area contributed by atoms with Gasteiger partial charge in [-0.1, -0.05) is 167 Å². The number of hydrogen-bond donors (Lipinski definition) is 0. The van der Waals surface area contributed by atoms with Crippen LogP contribution in [0.5, 0.6) is 5.75 Å². The van der Waals surface area contributed by atoms with Crippen LogP contribution in [0.15, 0.2) is 176 Å². The Hall–Kier alpha value is -3.83. The van der Waals surface area contributed by atoms with E-state index in [1.165, 1.54) is 58.1 Å². The van der Waals surface area contributed by atoms with Gasteiger partial charge in [-0.2, -0.15) is 0 Å². The van der Waals surface area contributed by atoms with Crippen molar-refractivity contribution in [2.75, 3.05) is 19.9 Å². The van der Waals surface area contributed by atoms with E-state index >= 15 is 0 Å². The van der Waals surface area contributed by atoms with Crippen molar-refractivity contribution in [3.05, 3.63) is 181 Å². The van der Waals surface area contributed by atoms with Crippen LogP contribution in [0.2, 0.25) is 5.04 Å². The van der Waals surface area contributed by atoms with Crippen molar-refractivity contribution in [3.63, 3.8) is 0 Å². The molecule has 298 valence electrons. The van der Waals surface area contributed by atoms with Gasteiger partial charge in [0, 0.05) is 0 Å². The number of benzene rings is 6. The molecule has 0 spiro atoms. The SMILES string of the molecule is COc1ccc(CO[C@@H](CCCCCCC[P+](c2ccccc2)(c2ccccc2)c2ccccc2)CO[Si](c2ccccc2)(c2ccccc2)C(C)(C)C)cc1.[Br-]. The van der Waals surface area contributed by atoms with Crippen molar-refractivity contribution in [2.24, 2.45) is 0 Å². The van der Waals surface area contributed by atoms with Crippen molar-refractivity contribution in [1.82, 2.24) is 0 Å². The van der Waals surface area contributed by atoms with Gasteiger partial charge < -0.3 is 30.9 Å². The van der Waals surface area contributed by atoms with Gasteiger partial charge in [0.25, 0.3) is 8.32 Å². The number of halogens is 1. The molecule has 0 heterocycles. The van der Waals surface area contributed by atoms with Crippen molar-refractivity contribution < 1.29 is 30.9 Å². The highest BCUT2D eigenvalue weighted by Gasteiger charge is 2.50. The van der Waals surface area contributed by atoms with Gasteiger partial charge in [-0.3, -0.25) is 0 Å². The van der Waals surface area contributed by atoms with Crippen LogP contribution in [0.1, 0.15) is 64.9 Å². The zero-order valence-electron chi connectivity index (χ0n) is 34.2. The number of hydrogen-bond acceptors (Lipinski definition) is 3. The average molecular weight is 860 g/mol. The van der Waals surface area contributed by atoms with E-state index in [1.807, 2.05) is 12.1 Å². The molecular formula is C51H60BrO3PSi. The average Bonchev–Trinajstić information content (AvgIpc) is 3.25. The van der Waals surface area contributed by atoms with E-state index < -0.39 is 15.6 Å². The lowest BCUT2D eigenvalue weighted by molar-refractivity contribution is -0.0000434. The Morgan fingerprint density at radius 3 is 1.39 bits per heavy atom. The van der Waals surface area contributed by atoms with Crippen molar-refractivity contribution >= 4 is 41.9 Å². The van der Waals surface area contributed by atoms with Crippen molar-refractivity contribution in [2.45, 2.75) is 77.0 Å². The lowest BCUT2D eigenvalue weighted by Crippen LogP contribution is -3.00. The van der Waals surface area contributed by atoms with E-state index in [1.54, 1.807) is 7.11 Å². The smallest absolute Gasteiger partial charge is 0.261 e. The third kappa shape index (κ3) is 11.0. The van der Waals surface area contributed by atoms with Gasteiger partial charge in [0.15, 0.2) is 0 Å². The quantitative estimate of drug-likeness (QED) is 0.0453. The third-order valence-corrected chi connectivity index (χ3v) is 20.7. The standard InChI is InChI=1S/C51H60O3PSi.BrH/c1-51(2,3)56(49-32-20-11-21-33-49,50-34-22-12-23-35-50)54-42-45(53-41-43-36-38-44(52-4)39-37-43)25-13-6-5-7-24-40-55(46-26-14-8-15-27-46,47-28-16-9-17-29-47)48-30-18-10-19-31-48;/h8-12,14-23,26-39,45H,5-7,13,24-25,40-42H2,1-4H3;1H/q+1;/p-1/t45-;/m0./s1. The van der Waals surface area contributed by atoms with Crippen LogP contribution in [0.25, 0.3) is 0 Å². The Kier molecular flexibility index (Phi) is 16.9. The number of rotatable bonds is 20. The Balaban J connectivity index is 0.00000620. The maximum atomic E-state index is 7.41. The molecule has 0 N–H and O–H groups in total. The minimum Gasteiger partial charge on any atom is -1.00 e. The molecule has 0 unspecified atom stereocenters. The first-order chi connectivity index (χ1) is 27.4. The first-order valence-electron chi connectivity index (χ1n) is 20.4. The molecule has 57 heavy (non-hydrogen) atoms. The van der Waals surface area contributed by atoms with E-state index in [0.717, 1.165) is 24.2 Å². The molecule has 0 aromatic heterocycles. The van der Waals surface area contributed by atoms with Crippen LogP contribution < -0.4 is 48.0 Å². The van der Waals surface area contributed by atoms with Crippen LogP contribution in [-0.4, -0.2) is 34.3 Å². The van der Waals surface area contributed by atoms with Crippen molar-refractivity contribution in [3.8, 4) is 5.75 Å². The van der Waals surface area contributed by atoms with Gasteiger partial charge in [-0.05, 0) is 88.8 Å². The van der Waals surface area contributed by atoms with E-state index in [2.05, 4.69) is 185 Å². The molecule has 6 heteroatoms. The predicted octanol–water partition coefficient (Wildman–Crippen LogP) is 7.50. The van der Waals surface area contributed by atoms with E-state index in [0.29, 0.717) is 13.2 Å². The van der Waals surface area contributed by atoms with Crippen LogP contribution in [-0.2, 0) is 15.8 Å². The Labute approximate surface area is 355 Å². The summed E-state index contributed by atoms with van der Waals surface area (Å²) in [6.45, 7) is 8.13. The topological polar surface area (TPSA) is 27.7 Å². The molecular weight excluding hydrogens is 800 g/mol. The maximum absolute atomic E-state index is 7.41. The molecule has 0 amide bonds. The van der Waals surface area contributed by atoms with Crippen LogP contribution >= 0.6 is 7.26 Å². The van der Waals surface area contributed by atoms with Gasteiger partial charge in [-0.15, -0.1) is 0 Å². The highest BCUT2D eigenvalue weighted by atomic mass is 79.9. The first kappa shape index (κ1) is 44.3. The summed E-state index contributed by atoms with van der Waals surface area (Å²) in [6.07, 6.45) is 8.01. The monoisotopic (exact) mass is 858 g/mol. The Bertz CT molecular complexity index is 1850. The summed E-state index contributed by atoms with van der Waals surface area (Å²) in [5, 5.41) is 6.91. The van der Waals surface area contributed by atoms with Gasteiger partial charge >= 0.3 is 0 Å². The molecule has 0 bridgehead atoms. The zero-order valence-corrected chi connectivity index (χ0v) is 37.7. The summed E-state index contributed by atoms with van der Waals surface area (Å²) >= 11 is 0. The molecule has 0 aliphatic rings. The number of ether oxygens (including phenoxy) is 2. The molecule has 0 aliphatic carbocycles. The van der Waals surface area contributed by atoms with Gasteiger partial charge in [0.05, 0.1) is 32.6 Å². The molecule has 6 aromatic rings. The molecule has 3 nitrogen and oxygen atoms in total. The van der Waals surface area contributed by atoms with Crippen LogP contribution in [0, 0.1) is 0 Å². The molecule has 1 atom stereocenters. The highest BCUT2D eigenvalue weighted by Crippen LogP contribution is 2.56. The van der Waals surface area contributed by atoms with Gasteiger partial charge in [0.1, 0.15) is 28.9 Å². The first-order valence-corrected chi connectivity index (χ1v) is 24.3. The summed E-state index contributed by atoms with van der Waals surface area (Å²) in [7, 11) is -2.79. The molecule has 6 rings (SSSR count). The fourth-order valence-corrected chi connectivity index (χ4v) is 17.3. The predicted molar refractivity (Wildman–Crippen MR) is 243 cm³/mol. The van der Waals surface area contributed by atoms with Gasteiger partial charge in [0.2, 0.25) is 0 Å². The minimum absolute atomic E-state index is 0. The second kappa shape index (κ2) is 21.8. The Morgan fingerprint density at radius 2 is 0.947 bits per heavy atom. The fourth-order valence-electron chi connectivity index (χ4n) is 8.26. The lowest BCUT2D eigenvalue weighted by Gasteiger charge is -2.43. The molecule has 0 saturated carbocycles. The summed E-state index contributed by atoms with van der Waals surface area (Å²) in [5.41, 5.74) is 1.14. The van der Waals surface area contributed by atoms with Crippen LogP contribution in [0.4, 0.5) is 0 Å². The van der Waals surface area contributed by atoms with E-state index in [-0.39, 0.29) is 28.1 Å². The normalized spacial score (nSPS) is 12.4. The number of unbranched alkanes of at least 4 members (excludes halogenated alkanes) is 4. The zero-order chi connectivity index (χ0) is 39.1. The van der Waals surface area contributed by atoms with E-state index in [4.69, 9.17) is 13.9 Å². The molecule has 0 saturated heterocycles. The third-order valence-electron chi connectivity index (χ3n) is 11.2.